The molecule has 0 radical (unpaired) electrons. The molecule has 1 aromatic rings. The van der Waals surface area contributed by atoms with Gasteiger partial charge in [0.15, 0.2) is 0 Å². The molecule has 2 rings (SSSR count). The summed E-state index contributed by atoms with van der Waals surface area (Å²) in [7, 11) is 4.07. The molecule has 1 aromatic heterocycles. The highest BCUT2D eigenvalue weighted by atomic mass is 32.1. The first-order chi connectivity index (χ1) is 9.68. The van der Waals surface area contributed by atoms with Gasteiger partial charge in [0.25, 0.3) is 0 Å². The van der Waals surface area contributed by atoms with E-state index in [2.05, 4.69) is 20.1 Å². The molecule has 0 spiro atoms. The van der Waals surface area contributed by atoms with Crippen LogP contribution in [0.1, 0.15) is 31.0 Å². The van der Waals surface area contributed by atoms with E-state index in [1.807, 2.05) is 38.5 Å². The van der Waals surface area contributed by atoms with Crippen LogP contribution in [0.3, 0.4) is 0 Å². The number of hydrogen-bond acceptors (Lipinski definition) is 4. The Labute approximate surface area is 127 Å². The maximum Gasteiger partial charge on any atom is 0.103 e. The Hall–Kier alpha value is -1.04. The van der Waals surface area contributed by atoms with Gasteiger partial charge in [-0.15, -0.1) is 0 Å². The van der Waals surface area contributed by atoms with Gasteiger partial charge in [0.05, 0.1) is 17.4 Å². The third-order valence-corrected chi connectivity index (χ3v) is 4.03. The second-order valence-electron chi connectivity index (χ2n) is 5.50. The third kappa shape index (κ3) is 4.23. The normalized spacial score (nSPS) is 17.9. The summed E-state index contributed by atoms with van der Waals surface area (Å²) in [4.78, 5) is 9.82. The van der Waals surface area contributed by atoms with Crippen LogP contribution in [-0.2, 0) is 0 Å². The predicted molar refractivity (Wildman–Crippen MR) is 86.7 cm³/mol. The average molecular weight is 292 g/mol. The summed E-state index contributed by atoms with van der Waals surface area (Å²) in [5.41, 5.74) is 0.994. The average Bonchev–Trinajstić information content (AvgIpc) is 2.47. The van der Waals surface area contributed by atoms with Crippen LogP contribution >= 0.6 is 12.2 Å². The molecule has 0 aliphatic carbocycles. The van der Waals surface area contributed by atoms with E-state index in [-0.39, 0.29) is 6.04 Å². The van der Waals surface area contributed by atoms with Crippen LogP contribution in [0.5, 0.6) is 0 Å². The summed E-state index contributed by atoms with van der Waals surface area (Å²) in [6, 6.07) is 6.00. The summed E-state index contributed by atoms with van der Waals surface area (Å²) in [5.74, 6) is 0. The Morgan fingerprint density at radius 3 is 2.70 bits per heavy atom. The van der Waals surface area contributed by atoms with Crippen molar-refractivity contribution >= 4 is 17.2 Å². The number of thiocarbonyl (C=S) groups is 1. The highest BCUT2D eigenvalue weighted by Gasteiger charge is 2.21. The standard InChI is InChI=1S/C15H24N4S/c1-18(2)14(13-8-4-5-9-16-13)15(20)17-12-19-10-6-3-7-11-19/h4-5,8-9,14H,3,6-7,10-12H2,1-2H3,(H,17,20). The molecule has 5 heteroatoms. The van der Waals surface area contributed by atoms with Crippen LogP contribution in [0, 0.1) is 0 Å². The smallest absolute Gasteiger partial charge is 0.103 e. The molecule has 1 aliphatic rings. The molecule has 20 heavy (non-hydrogen) atoms. The number of piperidine rings is 1. The molecule has 0 amide bonds. The lowest BCUT2D eigenvalue weighted by Crippen LogP contribution is -2.43. The first-order valence-electron chi connectivity index (χ1n) is 7.26. The maximum atomic E-state index is 5.58. The lowest BCUT2D eigenvalue weighted by molar-refractivity contribution is 0.223. The Kier molecular flexibility index (Phi) is 5.88. The van der Waals surface area contributed by atoms with Crippen molar-refractivity contribution in [2.24, 2.45) is 0 Å². The number of nitrogens with zero attached hydrogens (tertiary/aromatic N) is 3. The minimum atomic E-state index is 0.0380. The van der Waals surface area contributed by atoms with E-state index in [0.29, 0.717) is 0 Å². The van der Waals surface area contributed by atoms with Gasteiger partial charge in [-0.25, -0.2) is 0 Å². The van der Waals surface area contributed by atoms with E-state index < -0.39 is 0 Å². The molecule has 1 N–H and O–H groups in total. The minimum absolute atomic E-state index is 0.0380. The molecular weight excluding hydrogens is 268 g/mol. The van der Waals surface area contributed by atoms with Gasteiger partial charge in [-0.1, -0.05) is 24.7 Å². The molecule has 2 heterocycles. The summed E-state index contributed by atoms with van der Waals surface area (Å²) < 4.78 is 0. The largest absolute Gasteiger partial charge is 0.365 e. The Bertz CT molecular complexity index is 415. The van der Waals surface area contributed by atoms with Crippen LogP contribution in [-0.4, -0.2) is 53.6 Å². The number of rotatable bonds is 5. The molecule has 0 bridgehead atoms. The lowest BCUT2D eigenvalue weighted by atomic mass is 10.1. The fourth-order valence-corrected chi connectivity index (χ4v) is 2.97. The van der Waals surface area contributed by atoms with E-state index >= 15 is 0 Å². The molecule has 0 saturated carbocycles. The van der Waals surface area contributed by atoms with Gasteiger partial charge in [-0.2, -0.15) is 0 Å². The first kappa shape index (κ1) is 15.4. The van der Waals surface area contributed by atoms with Crippen molar-refractivity contribution in [1.29, 1.82) is 0 Å². The van der Waals surface area contributed by atoms with E-state index in [1.165, 1.54) is 32.4 Å². The highest BCUT2D eigenvalue weighted by molar-refractivity contribution is 7.80. The van der Waals surface area contributed by atoms with Crippen molar-refractivity contribution in [3.63, 3.8) is 0 Å². The van der Waals surface area contributed by atoms with Crippen molar-refractivity contribution in [2.45, 2.75) is 25.3 Å². The van der Waals surface area contributed by atoms with Crippen molar-refractivity contribution in [3.05, 3.63) is 30.1 Å². The lowest BCUT2D eigenvalue weighted by Gasteiger charge is -2.30. The predicted octanol–water partition coefficient (Wildman–Crippen LogP) is 2.04. The van der Waals surface area contributed by atoms with Crippen LogP contribution in [0.4, 0.5) is 0 Å². The van der Waals surface area contributed by atoms with Gasteiger partial charge < -0.3 is 5.32 Å². The third-order valence-electron chi connectivity index (χ3n) is 3.66. The zero-order valence-corrected chi connectivity index (χ0v) is 13.2. The number of hydrogen-bond donors (Lipinski definition) is 1. The quantitative estimate of drug-likeness (QED) is 0.840. The number of pyridine rings is 1. The molecular formula is C15H24N4S. The van der Waals surface area contributed by atoms with Crippen LogP contribution in [0.2, 0.25) is 0 Å². The summed E-state index contributed by atoms with van der Waals surface area (Å²) >= 11 is 5.58. The molecule has 1 atom stereocenters. The molecule has 110 valence electrons. The number of likely N-dealkylation sites (tertiary alicyclic amines) is 1. The molecule has 0 aromatic carbocycles. The van der Waals surface area contributed by atoms with Crippen molar-refractivity contribution in [2.75, 3.05) is 33.9 Å². The van der Waals surface area contributed by atoms with Crippen molar-refractivity contribution < 1.29 is 0 Å². The van der Waals surface area contributed by atoms with Gasteiger partial charge in [-0.3, -0.25) is 14.8 Å². The second kappa shape index (κ2) is 7.67. The van der Waals surface area contributed by atoms with Gasteiger partial charge >= 0.3 is 0 Å². The van der Waals surface area contributed by atoms with Crippen LogP contribution in [0.15, 0.2) is 24.4 Å². The van der Waals surface area contributed by atoms with Crippen LogP contribution < -0.4 is 5.32 Å². The Balaban J connectivity index is 1.93. The number of aromatic nitrogens is 1. The highest BCUT2D eigenvalue weighted by Crippen LogP contribution is 2.17. The van der Waals surface area contributed by atoms with Gasteiger partial charge in [0, 0.05) is 6.20 Å². The number of nitrogens with one attached hydrogen (secondary N) is 1. The summed E-state index contributed by atoms with van der Waals surface area (Å²) in [6.45, 7) is 3.19. The van der Waals surface area contributed by atoms with E-state index in [4.69, 9.17) is 12.2 Å². The zero-order chi connectivity index (χ0) is 14.4. The first-order valence-corrected chi connectivity index (χ1v) is 7.67. The molecule has 1 saturated heterocycles. The number of likely N-dealkylation sites (N-methyl/N-ethyl adjacent to an activating group) is 1. The fraction of sp³-hybridized carbons (Fsp3) is 0.600. The van der Waals surface area contributed by atoms with E-state index in [1.54, 1.807) is 0 Å². The SMILES string of the molecule is CN(C)C(C(=S)NCN1CCCCC1)c1ccccn1. The minimum Gasteiger partial charge on any atom is -0.365 e. The molecule has 1 unspecified atom stereocenters. The zero-order valence-electron chi connectivity index (χ0n) is 12.4. The van der Waals surface area contributed by atoms with Gasteiger partial charge in [0.2, 0.25) is 0 Å². The monoisotopic (exact) mass is 292 g/mol. The van der Waals surface area contributed by atoms with Gasteiger partial charge in [0.1, 0.15) is 6.04 Å². The van der Waals surface area contributed by atoms with E-state index in [0.717, 1.165) is 17.4 Å². The summed E-state index contributed by atoms with van der Waals surface area (Å²) in [6.07, 6.45) is 5.77. The molecule has 4 nitrogen and oxygen atoms in total. The molecule has 1 aliphatic heterocycles. The van der Waals surface area contributed by atoms with Crippen LogP contribution in [0.25, 0.3) is 0 Å². The van der Waals surface area contributed by atoms with E-state index in [9.17, 15) is 0 Å². The Morgan fingerprint density at radius 2 is 2.10 bits per heavy atom. The molecule has 1 fully saturated rings. The van der Waals surface area contributed by atoms with Crippen molar-refractivity contribution in [1.82, 2.24) is 20.1 Å². The topological polar surface area (TPSA) is 31.4 Å². The maximum absolute atomic E-state index is 5.58. The summed E-state index contributed by atoms with van der Waals surface area (Å²) in [5, 5.41) is 3.41. The van der Waals surface area contributed by atoms with Crippen molar-refractivity contribution in [3.8, 4) is 0 Å². The second-order valence-corrected chi connectivity index (χ2v) is 5.94. The van der Waals surface area contributed by atoms with Gasteiger partial charge in [-0.05, 0) is 52.2 Å². The Morgan fingerprint density at radius 1 is 1.35 bits per heavy atom. The fourth-order valence-electron chi connectivity index (χ4n) is 2.57.